The summed E-state index contributed by atoms with van der Waals surface area (Å²) in [6.07, 6.45) is 3.63. The molecule has 2 aromatic heterocycles. The van der Waals surface area contributed by atoms with Crippen LogP contribution in [0.25, 0.3) is 22.0 Å². The van der Waals surface area contributed by atoms with E-state index < -0.39 is 0 Å². The zero-order chi connectivity index (χ0) is 22.1. The molecule has 0 spiro atoms. The average Bonchev–Trinajstić information content (AvgIpc) is 2.83. The van der Waals surface area contributed by atoms with Gasteiger partial charge in [0.1, 0.15) is 5.82 Å². The number of fused-ring (bicyclic) bond motifs is 1. The summed E-state index contributed by atoms with van der Waals surface area (Å²) in [6.45, 7) is 3.88. The largest absolute Gasteiger partial charge is 0.505 e. The van der Waals surface area contributed by atoms with E-state index in [4.69, 9.17) is 23.2 Å². The van der Waals surface area contributed by atoms with Gasteiger partial charge in [-0.05, 0) is 53.6 Å². The fourth-order valence-electron chi connectivity index (χ4n) is 3.86. The molecule has 1 fully saturated rings. The van der Waals surface area contributed by atoms with Crippen molar-refractivity contribution in [3.05, 3.63) is 71.0 Å². The van der Waals surface area contributed by atoms with Gasteiger partial charge < -0.3 is 20.6 Å². The van der Waals surface area contributed by atoms with E-state index in [1.165, 1.54) is 0 Å². The first-order valence-electron chi connectivity index (χ1n) is 10.3. The molecule has 0 atom stereocenters. The van der Waals surface area contributed by atoms with Crippen molar-refractivity contribution in [2.24, 2.45) is 0 Å². The average molecular weight is 466 g/mol. The summed E-state index contributed by atoms with van der Waals surface area (Å²) in [5, 5.41) is 18.1. The Labute approximate surface area is 195 Å². The topological polar surface area (TPSA) is 73.3 Å². The van der Waals surface area contributed by atoms with E-state index in [0.29, 0.717) is 0 Å². The zero-order valence-electron chi connectivity index (χ0n) is 17.1. The molecule has 8 heteroatoms. The Morgan fingerprint density at radius 2 is 1.69 bits per heavy atom. The molecule has 4 aromatic rings. The minimum Gasteiger partial charge on any atom is -0.505 e. The van der Waals surface area contributed by atoms with E-state index in [0.717, 1.165) is 65.4 Å². The third kappa shape index (κ3) is 4.17. The monoisotopic (exact) mass is 465 g/mol. The highest BCUT2D eigenvalue weighted by Gasteiger charge is 2.13. The van der Waals surface area contributed by atoms with Crippen molar-refractivity contribution in [3.63, 3.8) is 0 Å². The second-order valence-electron chi connectivity index (χ2n) is 7.65. The molecule has 1 saturated heterocycles. The first-order valence-corrected chi connectivity index (χ1v) is 11.1. The Morgan fingerprint density at radius 3 is 2.41 bits per heavy atom. The summed E-state index contributed by atoms with van der Waals surface area (Å²) in [6, 6.07) is 15.4. The second kappa shape index (κ2) is 8.82. The smallest absolute Gasteiger partial charge is 0.152 e. The Hall–Kier alpha value is -3.06. The summed E-state index contributed by atoms with van der Waals surface area (Å²) in [4.78, 5) is 11.4. The van der Waals surface area contributed by atoms with Crippen molar-refractivity contribution in [1.29, 1.82) is 0 Å². The van der Waals surface area contributed by atoms with Crippen LogP contribution in [0.15, 0.2) is 60.9 Å². The molecule has 3 heterocycles. The quantitative estimate of drug-likeness (QED) is 0.371. The van der Waals surface area contributed by atoms with Crippen molar-refractivity contribution in [2.75, 3.05) is 36.4 Å². The summed E-state index contributed by atoms with van der Waals surface area (Å²) < 4.78 is 0. The highest BCUT2D eigenvalue weighted by atomic mass is 35.5. The van der Waals surface area contributed by atoms with E-state index >= 15 is 0 Å². The number of anilines is 3. The van der Waals surface area contributed by atoms with Crippen LogP contribution >= 0.6 is 23.2 Å². The van der Waals surface area contributed by atoms with Crippen LogP contribution < -0.4 is 15.5 Å². The zero-order valence-corrected chi connectivity index (χ0v) is 18.7. The van der Waals surface area contributed by atoms with Crippen LogP contribution in [0.2, 0.25) is 10.0 Å². The van der Waals surface area contributed by atoms with Gasteiger partial charge in [0.15, 0.2) is 5.75 Å². The number of aromatic nitrogens is 2. The second-order valence-corrected chi connectivity index (χ2v) is 8.46. The standard InChI is InChI=1S/C24H21Cl2N5O/c25-19-12-16(13-20(26)24(19)32)15-1-3-21-18(11-15)22(5-6-28-21)30-17-2-4-23(29-14-17)31-9-7-27-8-10-31/h1-6,11-14,27,32H,7-10H2,(H,28,30). The predicted octanol–water partition coefficient (Wildman–Crippen LogP) is 5.46. The van der Waals surface area contributed by atoms with Gasteiger partial charge in [0.25, 0.3) is 0 Å². The molecule has 0 amide bonds. The third-order valence-corrected chi connectivity index (χ3v) is 6.14. The van der Waals surface area contributed by atoms with Gasteiger partial charge in [0, 0.05) is 43.4 Å². The maximum atomic E-state index is 9.86. The molecule has 0 saturated carbocycles. The summed E-state index contributed by atoms with van der Waals surface area (Å²) in [7, 11) is 0. The lowest BCUT2D eigenvalue weighted by atomic mass is 10.0. The molecule has 3 N–H and O–H groups in total. The summed E-state index contributed by atoms with van der Waals surface area (Å²) in [5.74, 6) is 0.874. The molecule has 0 unspecified atom stereocenters. The number of halogens is 2. The van der Waals surface area contributed by atoms with Crippen LogP contribution in [0.5, 0.6) is 5.75 Å². The number of benzene rings is 2. The van der Waals surface area contributed by atoms with E-state index in [9.17, 15) is 5.11 Å². The van der Waals surface area contributed by atoms with Crippen molar-refractivity contribution in [1.82, 2.24) is 15.3 Å². The number of hydrogen-bond donors (Lipinski definition) is 3. The Bertz CT molecular complexity index is 1250. The normalized spacial score (nSPS) is 14.0. The van der Waals surface area contributed by atoms with Gasteiger partial charge >= 0.3 is 0 Å². The first-order chi connectivity index (χ1) is 15.6. The van der Waals surface area contributed by atoms with Crippen molar-refractivity contribution in [2.45, 2.75) is 0 Å². The van der Waals surface area contributed by atoms with E-state index in [-0.39, 0.29) is 15.8 Å². The molecule has 0 bridgehead atoms. The van der Waals surface area contributed by atoms with Crippen LogP contribution in [0.3, 0.4) is 0 Å². The Morgan fingerprint density at radius 1 is 0.906 bits per heavy atom. The molecule has 0 radical (unpaired) electrons. The number of phenols is 1. The lowest BCUT2D eigenvalue weighted by Gasteiger charge is -2.28. The number of nitrogens with zero attached hydrogens (tertiary/aromatic N) is 3. The lowest BCUT2D eigenvalue weighted by molar-refractivity contribution is 0.476. The minimum absolute atomic E-state index is 0.112. The van der Waals surface area contributed by atoms with E-state index in [1.54, 1.807) is 18.3 Å². The van der Waals surface area contributed by atoms with Gasteiger partial charge in [-0.25, -0.2) is 4.98 Å². The number of phenolic OH excluding ortho intramolecular Hbond substituents is 1. The number of pyridine rings is 2. The maximum Gasteiger partial charge on any atom is 0.152 e. The number of nitrogens with one attached hydrogen (secondary N) is 2. The van der Waals surface area contributed by atoms with Crippen LogP contribution in [0, 0.1) is 0 Å². The molecule has 2 aromatic carbocycles. The Kier molecular flexibility index (Phi) is 5.74. The van der Waals surface area contributed by atoms with E-state index in [1.807, 2.05) is 42.6 Å². The van der Waals surface area contributed by atoms with Crippen LogP contribution in [0.1, 0.15) is 0 Å². The van der Waals surface area contributed by atoms with Crippen LogP contribution in [-0.2, 0) is 0 Å². The highest BCUT2D eigenvalue weighted by molar-refractivity contribution is 6.37. The minimum atomic E-state index is -0.112. The first kappa shape index (κ1) is 20.8. The molecule has 0 aliphatic carbocycles. The van der Waals surface area contributed by atoms with Crippen LogP contribution in [-0.4, -0.2) is 41.3 Å². The molecular formula is C24H21Cl2N5O. The van der Waals surface area contributed by atoms with Crippen molar-refractivity contribution < 1.29 is 5.11 Å². The van der Waals surface area contributed by atoms with Gasteiger partial charge in [0.05, 0.1) is 27.4 Å². The molecule has 6 nitrogen and oxygen atoms in total. The molecular weight excluding hydrogens is 445 g/mol. The van der Waals surface area contributed by atoms with Gasteiger partial charge in [-0.2, -0.15) is 0 Å². The van der Waals surface area contributed by atoms with Gasteiger partial charge in [-0.3, -0.25) is 4.98 Å². The predicted molar refractivity (Wildman–Crippen MR) is 131 cm³/mol. The molecule has 1 aliphatic heterocycles. The van der Waals surface area contributed by atoms with Gasteiger partial charge in [-0.1, -0.05) is 29.3 Å². The van der Waals surface area contributed by atoms with Gasteiger partial charge in [-0.15, -0.1) is 0 Å². The molecule has 1 aliphatic rings. The Balaban J connectivity index is 1.46. The molecule has 162 valence electrons. The number of piperazine rings is 1. The summed E-state index contributed by atoms with van der Waals surface area (Å²) >= 11 is 12.2. The fraction of sp³-hybridized carbons (Fsp3) is 0.167. The van der Waals surface area contributed by atoms with Crippen molar-refractivity contribution in [3.8, 4) is 16.9 Å². The van der Waals surface area contributed by atoms with E-state index in [2.05, 4.69) is 25.5 Å². The third-order valence-electron chi connectivity index (χ3n) is 5.56. The maximum absolute atomic E-state index is 9.86. The molecule has 32 heavy (non-hydrogen) atoms. The van der Waals surface area contributed by atoms with Crippen LogP contribution in [0.4, 0.5) is 17.2 Å². The summed E-state index contributed by atoms with van der Waals surface area (Å²) in [5.41, 5.74) is 4.42. The highest BCUT2D eigenvalue weighted by Crippen LogP contribution is 2.37. The number of aromatic hydroxyl groups is 1. The fourth-order valence-corrected chi connectivity index (χ4v) is 4.35. The lowest BCUT2D eigenvalue weighted by Crippen LogP contribution is -2.43. The number of hydrogen-bond acceptors (Lipinski definition) is 6. The van der Waals surface area contributed by atoms with Gasteiger partial charge in [0.2, 0.25) is 0 Å². The van der Waals surface area contributed by atoms with Crippen molar-refractivity contribution >= 4 is 51.3 Å². The number of rotatable bonds is 4. The SMILES string of the molecule is Oc1c(Cl)cc(-c2ccc3nccc(Nc4ccc(N5CCNCC5)nc4)c3c2)cc1Cl. The molecule has 5 rings (SSSR count).